The monoisotopic (exact) mass is 557 g/mol. The Labute approximate surface area is 213 Å². The second-order valence-electron chi connectivity index (χ2n) is 8.53. The number of aliphatic hydroxyl groups excluding tert-OH is 1. The molecule has 5 nitrogen and oxygen atoms in total. The minimum Gasteiger partial charge on any atom is -0.392 e. The number of β-amino-alcohol motifs (C(OH)–C–C–N with tert-alkyl or cyclic N) is 1. The van der Waals surface area contributed by atoms with Crippen LogP contribution in [0.5, 0.6) is 0 Å². The summed E-state index contributed by atoms with van der Waals surface area (Å²) >= 11 is 12.1. The van der Waals surface area contributed by atoms with E-state index in [0.717, 1.165) is 5.56 Å². The third kappa shape index (κ3) is 7.89. The van der Waals surface area contributed by atoms with Crippen LogP contribution in [0.3, 0.4) is 0 Å². The summed E-state index contributed by atoms with van der Waals surface area (Å²) in [6, 6.07) is 4.83. The van der Waals surface area contributed by atoms with E-state index in [0.29, 0.717) is 54.7 Å². The number of hydrogen-bond donors (Lipinski definition) is 3. The Morgan fingerprint density at radius 2 is 1.67 bits per heavy atom. The molecule has 2 atom stereocenters. The smallest absolute Gasteiger partial charge is 0.392 e. The summed E-state index contributed by atoms with van der Waals surface area (Å²) in [5, 5.41) is 14.9. The highest BCUT2D eigenvalue weighted by Crippen LogP contribution is 2.37. The number of rotatable bonds is 7. The third-order valence-electron chi connectivity index (χ3n) is 5.81. The number of alkyl halides is 6. The zero-order valence-corrected chi connectivity index (χ0v) is 20.2. The topological polar surface area (TPSA) is 64.6 Å². The fraction of sp³-hybridized carbons (Fsp3) is 0.435. The fourth-order valence-electron chi connectivity index (χ4n) is 3.92. The highest BCUT2D eigenvalue weighted by molar-refractivity contribution is 6.42. The van der Waals surface area contributed by atoms with E-state index >= 15 is 0 Å². The molecular formula is C23H23Cl2F6N3O2. The number of aliphatic hydroxyl groups is 1. The average Bonchev–Trinajstić information content (AvgIpc) is 3.19. The van der Waals surface area contributed by atoms with Gasteiger partial charge in [-0.3, -0.25) is 0 Å². The number of carbonyl (C=O) groups excluding carboxylic acids is 1. The van der Waals surface area contributed by atoms with Crippen LogP contribution in [-0.2, 0) is 12.4 Å². The van der Waals surface area contributed by atoms with Gasteiger partial charge in [-0.15, -0.1) is 0 Å². The lowest BCUT2D eigenvalue weighted by molar-refractivity contribution is -0.143. The predicted octanol–water partition coefficient (Wildman–Crippen LogP) is 6.39. The molecule has 0 aliphatic carbocycles. The summed E-state index contributed by atoms with van der Waals surface area (Å²) in [5.41, 5.74) is -2.97. The van der Waals surface area contributed by atoms with Crippen molar-refractivity contribution >= 4 is 34.9 Å². The molecule has 1 saturated heterocycles. The lowest BCUT2D eigenvalue weighted by Crippen LogP contribution is -2.34. The van der Waals surface area contributed by atoms with Gasteiger partial charge in [-0.1, -0.05) is 29.3 Å². The number of carbonyl (C=O) groups is 1. The largest absolute Gasteiger partial charge is 0.416 e. The van der Waals surface area contributed by atoms with Crippen LogP contribution < -0.4 is 10.6 Å². The molecule has 0 aromatic heterocycles. The number of benzene rings is 2. The molecule has 1 fully saturated rings. The number of halogens is 8. The Balaban J connectivity index is 1.72. The number of amides is 2. The minimum absolute atomic E-state index is 0.0152. The van der Waals surface area contributed by atoms with Gasteiger partial charge in [-0.25, -0.2) is 4.79 Å². The highest BCUT2D eigenvalue weighted by Gasteiger charge is 2.37. The molecule has 1 aliphatic heterocycles. The van der Waals surface area contributed by atoms with Crippen LogP contribution >= 0.6 is 23.2 Å². The van der Waals surface area contributed by atoms with Crippen LogP contribution in [-0.4, -0.2) is 48.3 Å². The minimum atomic E-state index is -5.03. The van der Waals surface area contributed by atoms with Crippen molar-refractivity contribution in [2.24, 2.45) is 0 Å². The Morgan fingerprint density at radius 3 is 2.19 bits per heavy atom. The van der Waals surface area contributed by atoms with Gasteiger partial charge in [0.2, 0.25) is 0 Å². The number of nitrogens with one attached hydrogen (secondary N) is 2. The SMILES string of the molecule is O=C(NCC(CCN1CCC(O)C1)c1ccc(Cl)c(Cl)c1)Nc1cc(C(F)(F)F)cc(C(F)(F)F)c1. The van der Waals surface area contributed by atoms with Crippen molar-refractivity contribution in [2.75, 3.05) is 31.5 Å². The van der Waals surface area contributed by atoms with Gasteiger partial charge in [0.1, 0.15) is 0 Å². The normalized spacial score (nSPS) is 17.8. The number of likely N-dealkylation sites (tertiary alicyclic amines) is 1. The van der Waals surface area contributed by atoms with Crippen molar-refractivity contribution in [3.8, 4) is 0 Å². The molecule has 1 heterocycles. The van der Waals surface area contributed by atoms with Gasteiger partial charge in [0.15, 0.2) is 0 Å². The molecule has 0 radical (unpaired) electrons. The first kappa shape index (κ1) is 28.4. The van der Waals surface area contributed by atoms with E-state index in [1.54, 1.807) is 18.2 Å². The quantitative estimate of drug-likeness (QED) is 0.345. The number of nitrogens with zero attached hydrogens (tertiary/aromatic N) is 1. The van der Waals surface area contributed by atoms with Gasteiger partial charge in [0, 0.05) is 31.2 Å². The molecule has 198 valence electrons. The summed E-state index contributed by atoms with van der Waals surface area (Å²) in [4.78, 5) is 14.5. The van der Waals surface area contributed by atoms with E-state index in [9.17, 15) is 36.2 Å². The van der Waals surface area contributed by atoms with Crippen molar-refractivity contribution in [1.29, 1.82) is 0 Å². The van der Waals surface area contributed by atoms with Gasteiger partial charge in [0.25, 0.3) is 0 Å². The first-order chi connectivity index (χ1) is 16.7. The van der Waals surface area contributed by atoms with E-state index in [2.05, 4.69) is 15.5 Å². The summed E-state index contributed by atoms with van der Waals surface area (Å²) < 4.78 is 78.5. The standard InChI is InChI=1S/C23H23Cl2F6N3O2/c24-19-2-1-13(7-20(19)25)14(3-5-34-6-4-18(35)12-34)11-32-21(36)33-17-9-15(22(26,27)28)8-16(10-17)23(29,30)31/h1-2,7-10,14,18,35H,3-6,11-12H2,(H2,32,33,36). The lowest BCUT2D eigenvalue weighted by Gasteiger charge is -2.22. The van der Waals surface area contributed by atoms with Gasteiger partial charge in [0.05, 0.1) is 27.3 Å². The van der Waals surface area contributed by atoms with Gasteiger partial charge >= 0.3 is 18.4 Å². The van der Waals surface area contributed by atoms with Crippen LogP contribution in [0.2, 0.25) is 10.0 Å². The molecule has 3 rings (SSSR count). The Kier molecular flexibility index (Phi) is 9.02. The molecule has 0 bridgehead atoms. The van der Waals surface area contributed by atoms with Crippen molar-refractivity contribution in [3.63, 3.8) is 0 Å². The van der Waals surface area contributed by atoms with E-state index in [-0.39, 0.29) is 18.5 Å². The molecule has 1 aliphatic rings. The first-order valence-corrected chi connectivity index (χ1v) is 11.7. The average molecular weight is 558 g/mol. The van der Waals surface area contributed by atoms with Crippen LogP contribution in [0.25, 0.3) is 0 Å². The van der Waals surface area contributed by atoms with Crippen molar-refractivity contribution in [3.05, 3.63) is 63.1 Å². The van der Waals surface area contributed by atoms with Crippen molar-refractivity contribution < 1.29 is 36.2 Å². The predicted molar refractivity (Wildman–Crippen MR) is 124 cm³/mol. The molecule has 2 amide bonds. The maximum Gasteiger partial charge on any atom is 0.416 e. The van der Waals surface area contributed by atoms with Gasteiger partial charge in [-0.2, -0.15) is 26.3 Å². The molecule has 36 heavy (non-hydrogen) atoms. The molecule has 2 aromatic carbocycles. The maximum atomic E-state index is 13.1. The summed E-state index contributed by atoms with van der Waals surface area (Å²) in [5.74, 6) is -0.296. The van der Waals surface area contributed by atoms with Crippen LogP contribution in [0, 0.1) is 0 Å². The summed E-state index contributed by atoms with van der Waals surface area (Å²) in [7, 11) is 0. The zero-order chi connectivity index (χ0) is 26.7. The molecule has 0 saturated carbocycles. The van der Waals surface area contributed by atoms with Crippen LogP contribution in [0.4, 0.5) is 36.8 Å². The first-order valence-electron chi connectivity index (χ1n) is 10.9. The molecule has 0 spiro atoms. The summed E-state index contributed by atoms with van der Waals surface area (Å²) in [6.45, 7) is 1.83. The Hall–Kier alpha value is -2.21. The zero-order valence-electron chi connectivity index (χ0n) is 18.7. The highest BCUT2D eigenvalue weighted by atomic mass is 35.5. The molecule has 13 heteroatoms. The van der Waals surface area contributed by atoms with E-state index in [1.165, 1.54) is 0 Å². The van der Waals surface area contributed by atoms with Crippen molar-refractivity contribution in [2.45, 2.75) is 37.2 Å². The van der Waals surface area contributed by atoms with E-state index in [4.69, 9.17) is 23.2 Å². The van der Waals surface area contributed by atoms with Crippen LogP contribution in [0.15, 0.2) is 36.4 Å². The summed E-state index contributed by atoms with van der Waals surface area (Å²) in [6.07, 6.45) is -9.29. The maximum absolute atomic E-state index is 13.1. The van der Waals surface area contributed by atoms with E-state index in [1.807, 2.05) is 0 Å². The second kappa shape index (κ2) is 11.5. The van der Waals surface area contributed by atoms with Crippen LogP contribution in [0.1, 0.15) is 35.4 Å². The lowest BCUT2D eigenvalue weighted by atomic mass is 9.95. The Bertz CT molecular complexity index is 1050. The fourth-order valence-corrected chi connectivity index (χ4v) is 4.23. The third-order valence-corrected chi connectivity index (χ3v) is 6.55. The number of urea groups is 1. The molecular weight excluding hydrogens is 535 g/mol. The molecule has 2 unspecified atom stereocenters. The molecule has 2 aromatic rings. The van der Waals surface area contributed by atoms with Gasteiger partial charge < -0.3 is 20.6 Å². The second-order valence-corrected chi connectivity index (χ2v) is 9.35. The van der Waals surface area contributed by atoms with Crippen molar-refractivity contribution in [1.82, 2.24) is 10.2 Å². The Morgan fingerprint density at radius 1 is 1.03 bits per heavy atom. The number of hydrogen-bond acceptors (Lipinski definition) is 3. The van der Waals surface area contributed by atoms with E-state index < -0.39 is 41.3 Å². The number of anilines is 1. The molecule has 3 N–H and O–H groups in total. The van der Waals surface area contributed by atoms with Gasteiger partial charge in [-0.05, 0) is 55.3 Å².